The molecule has 57 heavy (non-hydrogen) atoms. The lowest BCUT2D eigenvalue weighted by Gasteiger charge is -2.40. The predicted octanol–water partition coefficient (Wildman–Crippen LogP) is 8.84. The van der Waals surface area contributed by atoms with E-state index in [9.17, 15) is 37.9 Å². The van der Waals surface area contributed by atoms with E-state index in [0.717, 1.165) is 44.9 Å². The summed E-state index contributed by atoms with van der Waals surface area (Å²) in [6, 6.07) is 0. The lowest BCUT2D eigenvalue weighted by Crippen LogP contribution is -2.60. The lowest BCUT2D eigenvalue weighted by atomic mass is 10.00. The van der Waals surface area contributed by atoms with Crippen molar-refractivity contribution in [2.45, 2.75) is 224 Å². The summed E-state index contributed by atoms with van der Waals surface area (Å²) in [5, 5.41) is 30.8. The van der Waals surface area contributed by atoms with E-state index in [2.05, 4.69) is 38.2 Å². The number of esters is 2. The fourth-order valence-electron chi connectivity index (χ4n) is 6.77. The Bertz CT molecular complexity index is 1160. The number of carbonyl (C=O) groups is 2. The first-order chi connectivity index (χ1) is 27.5. The summed E-state index contributed by atoms with van der Waals surface area (Å²) in [7, 11) is -4.60. The maximum Gasteiger partial charge on any atom is 0.306 e. The molecule has 13 heteroatoms. The zero-order valence-corrected chi connectivity index (χ0v) is 36.3. The molecule has 2 unspecified atom stereocenters. The molecule has 6 atom stereocenters. The van der Waals surface area contributed by atoms with Crippen molar-refractivity contribution < 1.29 is 56.8 Å². The molecule has 0 spiro atoms. The van der Waals surface area contributed by atoms with Crippen LogP contribution in [-0.4, -0.2) is 96.0 Å². The van der Waals surface area contributed by atoms with Gasteiger partial charge >= 0.3 is 11.9 Å². The Morgan fingerprint density at radius 2 is 1.05 bits per heavy atom. The fourth-order valence-corrected chi connectivity index (χ4v) is 7.46. The third-order valence-corrected chi connectivity index (χ3v) is 11.0. The van der Waals surface area contributed by atoms with E-state index in [4.69, 9.17) is 18.9 Å². The van der Waals surface area contributed by atoms with Crippen LogP contribution in [0.5, 0.6) is 0 Å². The molecule has 1 aliphatic rings. The van der Waals surface area contributed by atoms with E-state index in [1.165, 1.54) is 103 Å². The van der Waals surface area contributed by atoms with Gasteiger partial charge in [-0.1, -0.05) is 154 Å². The van der Waals surface area contributed by atoms with Gasteiger partial charge in [0.2, 0.25) is 0 Å². The Hall–Kier alpha value is -1.87. The van der Waals surface area contributed by atoms with Crippen LogP contribution in [-0.2, 0) is 38.7 Å². The quantitative estimate of drug-likeness (QED) is 0.0202. The molecule has 0 saturated carbocycles. The third kappa shape index (κ3) is 29.9. The molecular formula is C44H80O12S. The second kappa shape index (κ2) is 34.9. The van der Waals surface area contributed by atoms with Crippen molar-refractivity contribution in [1.29, 1.82) is 0 Å². The van der Waals surface area contributed by atoms with Gasteiger partial charge in [-0.15, -0.1) is 0 Å². The van der Waals surface area contributed by atoms with Crippen LogP contribution in [0.2, 0.25) is 0 Å². The standard InChI is InChI=1S/C44H80O12S/c1-3-5-7-9-11-13-15-17-19-21-22-24-26-28-30-32-39(45)53-34-37(35-54-44-43(49)42(48)41(47)38(56-44)36-57(50,51)52)55-40(46)33-31-29-27-25-23-20-18-16-14-12-10-8-6-4-2/h17,19,22,24,37-38,41-44,47-49H,3-16,18,20-21,23,25-36H2,1-2H3,(H,50,51,52)/b19-17+,24-22+/t37-,38-,41-,42?,43?,44+/m1/s1. The molecule has 0 amide bonds. The number of unbranched alkanes of at least 4 members (excludes halogenated alkanes) is 21. The molecule has 0 aromatic carbocycles. The van der Waals surface area contributed by atoms with Crippen LogP contribution in [0.15, 0.2) is 24.3 Å². The number of allylic oxidation sites excluding steroid dienone is 4. The van der Waals surface area contributed by atoms with Crippen LogP contribution in [0.3, 0.4) is 0 Å². The van der Waals surface area contributed by atoms with Gasteiger partial charge in [0, 0.05) is 12.8 Å². The molecule has 0 radical (unpaired) electrons. The SMILES string of the molecule is CCCCCCCC/C=C/C/C=C/CCCCC(=O)OC[C@H](CO[C@H]1O[C@H](CS(=O)(=O)O)[C@@H](O)C(O)C1O)OC(=O)CCCCCCCCCCCCCCCC. The highest BCUT2D eigenvalue weighted by Crippen LogP contribution is 2.24. The van der Waals surface area contributed by atoms with Gasteiger partial charge in [-0.3, -0.25) is 14.1 Å². The first-order valence-corrected chi connectivity index (χ1v) is 24.0. The minimum Gasteiger partial charge on any atom is -0.462 e. The molecule has 1 saturated heterocycles. The van der Waals surface area contributed by atoms with Crippen molar-refractivity contribution in [3.63, 3.8) is 0 Å². The van der Waals surface area contributed by atoms with Crippen LogP contribution in [0, 0.1) is 0 Å². The number of rotatable bonds is 37. The molecule has 334 valence electrons. The van der Waals surface area contributed by atoms with E-state index >= 15 is 0 Å². The number of aliphatic hydroxyl groups is 3. The normalized spacial score (nSPS) is 20.7. The van der Waals surface area contributed by atoms with Crippen molar-refractivity contribution in [1.82, 2.24) is 0 Å². The van der Waals surface area contributed by atoms with E-state index < -0.39 is 71.2 Å². The van der Waals surface area contributed by atoms with Gasteiger partial charge in [0.25, 0.3) is 10.1 Å². The summed E-state index contributed by atoms with van der Waals surface area (Å²) in [4.78, 5) is 25.4. The zero-order chi connectivity index (χ0) is 42.0. The number of ether oxygens (including phenoxy) is 4. The summed E-state index contributed by atoms with van der Waals surface area (Å²) in [6.45, 7) is 3.72. The topological polar surface area (TPSA) is 186 Å². The smallest absolute Gasteiger partial charge is 0.306 e. The summed E-state index contributed by atoms with van der Waals surface area (Å²) in [6.07, 6.45) is 28.0. The van der Waals surface area contributed by atoms with Crippen molar-refractivity contribution in [3.8, 4) is 0 Å². The average molecular weight is 833 g/mol. The van der Waals surface area contributed by atoms with Gasteiger partial charge in [-0.05, 0) is 44.9 Å². The average Bonchev–Trinajstić information content (AvgIpc) is 3.17. The minimum atomic E-state index is -4.60. The van der Waals surface area contributed by atoms with Crippen LogP contribution in [0.25, 0.3) is 0 Å². The van der Waals surface area contributed by atoms with Crippen LogP contribution in [0.1, 0.15) is 187 Å². The van der Waals surface area contributed by atoms with Gasteiger partial charge < -0.3 is 34.3 Å². The Labute approximate surface area is 345 Å². The molecule has 1 aliphatic heterocycles. The minimum absolute atomic E-state index is 0.162. The summed E-state index contributed by atoms with van der Waals surface area (Å²) >= 11 is 0. The summed E-state index contributed by atoms with van der Waals surface area (Å²) < 4.78 is 54.0. The van der Waals surface area contributed by atoms with E-state index in [0.29, 0.717) is 12.8 Å². The molecule has 1 fully saturated rings. The maximum absolute atomic E-state index is 12.8. The van der Waals surface area contributed by atoms with Crippen LogP contribution >= 0.6 is 0 Å². The maximum atomic E-state index is 12.8. The van der Waals surface area contributed by atoms with Crippen molar-refractivity contribution in [2.75, 3.05) is 19.0 Å². The second-order valence-corrected chi connectivity index (χ2v) is 17.2. The monoisotopic (exact) mass is 833 g/mol. The number of carbonyl (C=O) groups excluding carboxylic acids is 2. The number of hydrogen-bond acceptors (Lipinski definition) is 11. The van der Waals surface area contributed by atoms with Gasteiger partial charge in [0.15, 0.2) is 12.4 Å². The van der Waals surface area contributed by atoms with Crippen LogP contribution in [0.4, 0.5) is 0 Å². The van der Waals surface area contributed by atoms with E-state index in [1.807, 2.05) is 0 Å². The molecule has 1 heterocycles. The lowest BCUT2D eigenvalue weighted by molar-refractivity contribution is -0.297. The number of aliphatic hydroxyl groups excluding tert-OH is 3. The first kappa shape index (κ1) is 53.1. The second-order valence-electron chi connectivity index (χ2n) is 15.7. The highest BCUT2D eigenvalue weighted by Gasteiger charge is 2.46. The van der Waals surface area contributed by atoms with Gasteiger partial charge in [0.05, 0.1) is 6.61 Å². The van der Waals surface area contributed by atoms with Gasteiger partial charge in [0.1, 0.15) is 36.8 Å². The van der Waals surface area contributed by atoms with Crippen molar-refractivity contribution in [2.24, 2.45) is 0 Å². The summed E-state index contributed by atoms with van der Waals surface area (Å²) in [5.41, 5.74) is 0. The van der Waals surface area contributed by atoms with Crippen molar-refractivity contribution >= 4 is 22.1 Å². The first-order valence-electron chi connectivity index (χ1n) is 22.4. The molecule has 0 aromatic rings. The molecule has 1 rings (SSSR count). The van der Waals surface area contributed by atoms with Crippen molar-refractivity contribution in [3.05, 3.63) is 24.3 Å². The Morgan fingerprint density at radius 3 is 1.58 bits per heavy atom. The highest BCUT2D eigenvalue weighted by molar-refractivity contribution is 7.85. The zero-order valence-electron chi connectivity index (χ0n) is 35.4. The highest BCUT2D eigenvalue weighted by atomic mass is 32.2. The molecule has 12 nitrogen and oxygen atoms in total. The van der Waals surface area contributed by atoms with E-state index in [-0.39, 0.29) is 19.4 Å². The Kier molecular flexibility index (Phi) is 32.6. The molecule has 4 N–H and O–H groups in total. The molecule has 0 bridgehead atoms. The molecule has 0 aliphatic carbocycles. The third-order valence-electron chi connectivity index (χ3n) is 10.3. The molecule has 0 aromatic heterocycles. The summed E-state index contributed by atoms with van der Waals surface area (Å²) in [5.74, 6) is -2.02. The van der Waals surface area contributed by atoms with Crippen LogP contribution < -0.4 is 0 Å². The van der Waals surface area contributed by atoms with E-state index in [1.54, 1.807) is 0 Å². The largest absolute Gasteiger partial charge is 0.462 e. The van der Waals surface area contributed by atoms with Gasteiger partial charge in [-0.2, -0.15) is 8.42 Å². The Morgan fingerprint density at radius 1 is 0.596 bits per heavy atom. The molecular weight excluding hydrogens is 753 g/mol. The fraction of sp³-hybridized carbons (Fsp3) is 0.864. The van der Waals surface area contributed by atoms with Gasteiger partial charge in [-0.25, -0.2) is 0 Å². The number of hydrogen-bond donors (Lipinski definition) is 4. The Balaban J connectivity index is 2.48. The predicted molar refractivity (Wildman–Crippen MR) is 224 cm³/mol.